The number of rotatable bonds is 11. The molecule has 0 unspecified atom stereocenters. The van der Waals surface area contributed by atoms with Crippen LogP contribution in [0.1, 0.15) is 60.5 Å². The van der Waals surface area contributed by atoms with Crippen molar-refractivity contribution in [2.75, 3.05) is 26.2 Å². The lowest BCUT2D eigenvalue weighted by atomic mass is 9.89. The first-order valence-electron chi connectivity index (χ1n) is 18.0. The van der Waals surface area contributed by atoms with Crippen LogP contribution in [-0.4, -0.2) is 58.0 Å². The molecule has 2 saturated heterocycles. The maximum atomic E-state index is 12.9. The highest BCUT2D eigenvalue weighted by Crippen LogP contribution is 2.43. The summed E-state index contributed by atoms with van der Waals surface area (Å²) in [5.41, 5.74) is 7.56. The Morgan fingerprint density at radius 1 is 0.942 bits per heavy atom. The van der Waals surface area contributed by atoms with Crippen molar-refractivity contribution in [3.8, 4) is 11.1 Å². The van der Waals surface area contributed by atoms with Crippen LogP contribution in [-0.2, 0) is 27.4 Å². The van der Waals surface area contributed by atoms with Gasteiger partial charge in [0.25, 0.3) is 0 Å². The van der Waals surface area contributed by atoms with Gasteiger partial charge in [0.1, 0.15) is 6.61 Å². The van der Waals surface area contributed by atoms with Gasteiger partial charge in [0, 0.05) is 43.7 Å². The Labute approximate surface area is 303 Å². The predicted molar refractivity (Wildman–Crippen MR) is 201 cm³/mol. The maximum absolute atomic E-state index is 12.9. The molecule has 2 fully saturated rings. The van der Waals surface area contributed by atoms with E-state index in [4.69, 9.17) is 14.2 Å². The second kappa shape index (κ2) is 16.1. The van der Waals surface area contributed by atoms with Gasteiger partial charge in [-0.25, -0.2) is 9.59 Å². The molecule has 4 aromatic carbocycles. The Bertz CT molecular complexity index is 2050. The Hall–Kier alpha value is -5.00. The summed E-state index contributed by atoms with van der Waals surface area (Å²) in [6.45, 7) is 8.70. The third-order valence-electron chi connectivity index (χ3n) is 10.3. The highest BCUT2D eigenvalue weighted by Gasteiger charge is 2.39. The summed E-state index contributed by atoms with van der Waals surface area (Å²) < 4.78 is 20.6. The fourth-order valence-corrected chi connectivity index (χ4v) is 7.47. The van der Waals surface area contributed by atoms with Gasteiger partial charge in [-0.05, 0) is 64.9 Å². The van der Waals surface area contributed by atoms with E-state index in [1.165, 1.54) is 6.08 Å². The number of fused-ring (bicyclic) bond motifs is 1. The summed E-state index contributed by atoms with van der Waals surface area (Å²) in [6, 6.07) is 32.3. The van der Waals surface area contributed by atoms with Gasteiger partial charge in [-0.3, -0.25) is 4.57 Å². The zero-order valence-corrected chi connectivity index (χ0v) is 29.4. The van der Waals surface area contributed by atoms with Gasteiger partial charge in [0.15, 0.2) is 6.29 Å². The Morgan fingerprint density at radius 2 is 1.69 bits per heavy atom. The molecular weight excluding hydrogens is 656 g/mol. The number of carbonyl (C=O) groups excluding carboxylic acids is 1. The first kappa shape index (κ1) is 35.4. The molecule has 10 nitrogen and oxygen atoms in total. The minimum absolute atomic E-state index is 0.0141. The monoisotopic (exact) mass is 702 g/mol. The van der Waals surface area contributed by atoms with E-state index in [9.17, 15) is 14.7 Å². The number of aliphatic hydroxyl groups is 1. The van der Waals surface area contributed by atoms with Gasteiger partial charge in [-0.15, -0.1) is 0 Å². The number of hydrogen-bond acceptors (Lipinski definition) is 7. The number of para-hydroxylation sites is 2. The van der Waals surface area contributed by atoms with Crippen LogP contribution >= 0.6 is 0 Å². The highest BCUT2D eigenvalue weighted by molar-refractivity contribution is 5.75. The van der Waals surface area contributed by atoms with E-state index in [0.717, 1.165) is 76.9 Å². The quantitative estimate of drug-likeness (QED) is 0.127. The second-order valence-electron chi connectivity index (χ2n) is 13.7. The molecule has 270 valence electrons. The molecular formula is C42H46N4O6. The summed E-state index contributed by atoms with van der Waals surface area (Å²) in [4.78, 5) is 30.3. The van der Waals surface area contributed by atoms with Crippen molar-refractivity contribution < 1.29 is 24.1 Å². The van der Waals surface area contributed by atoms with Crippen LogP contribution in [0.4, 0.5) is 4.79 Å². The van der Waals surface area contributed by atoms with E-state index in [2.05, 4.69) is 46.9 Å². The van der Waals surface area contributed by atoms with Crippen molar-refractivity contribution in [3.05, 3.63) is 142 Å². The maximum Gasteiger partial charge on any atom is 0.407 e. The van der Waals surface area contributed by atoms with Gasteiger partial charge in [0.05, 0.1) is 29.8 Å². The average molecular weight is 703 g/mol. The molecule has 2 aliphatic heterocycles. The molecule has 0 saturated carbocycles. The van der Waals surface area contributed by atoms with Crippen LogP contribution in [0.3, 0.4) is 0 Å². The van der Waals surface area contributed by atoms with E-state index in [-0.39, 0.29) is 43.1 Å². The lowest BCUT2D eigenvalue weighted by Gasteiger charge is -2.44. The lowest BCUT2D eigenvalue weighted by molar-refractivity contribution is -0.276. The second-order valence-corrected chi connectivity index (χ2v) is 13.7. The molecule has 4 atom stereocenters. The van der Waals surface area contributed by atoms with Crippen molar-refractivity contribution in [2.45, 2.75) is 57.5 Å². The van der Waals surface area contributed by atoms with Crippen molar-refractivity contribution in [2.24, 2.45) is 5.92 Å². The van der Waals surface area contributed by atoms with E-state index in [1.807, 2.05) is 83.4 Å². The number of carbonyl (C=O) groups is 1. The molecule has 0 aliphatic carbocycles. The molecule has 0 radical (unpaired) electrons. The normalized spacial score (nSPS) is 21.2. The number of ether oxygens (including phenoxy) is 3. The third kappa shape index (κ3) is 7.90. The molecule has 5 aromatic rings. The van der Waals surface area contributed by atoms with Gasteiger partial charge in [-0.1, -0.05) is 92.4 Å². The summed E-state index contributed by atoms with van der Waals surface area (Å²) in [5.74, 6) is 0.0516. The molecule has 2 aliphatic rings. The van der Waals surface area contributed by atoms with Gasteiger partial charge in [0.2, 0.25) is 0 Å². The van der Waals surface area contributed by atoms with Gasteiger partial charge < -0.3 is 34.5 Å². The van der Waals surface area contributed by atoms with Crippen LogP contribution in [0.15, 0.2) is 115 Å². The molecule has 0 bridgehead atoms. The Balaban J connectivity index is 1.09. The van der Waals surface area contributed by atoms with Gasteiger partial charge in [-0.2, -0.15) is 0 Å². The van der Waals surface area contributed by atoms with E-state index < -0.39 is 12.4 Å². The van der Waals surface area contributed by atoms with E-state index >= 15 is 0 Å². The molecule has 3 N–H and O–H groups in total. The number of amides is 1. The summed E-state index contributed by atoms with van der Waals surface area (Å²) in [7, 11) is 0. The fraction of sp³-hybridized carbons (Fsp3) is 0.333. The Morgan fingerprint density at radius 3 is 2.46 bits per heavy atom. The highest BCUT2D eigenvalue weighted by atomic mass is 16.7. The topological polar surface area (TPSA) is 118 Å². The molecule has 1 aromatic heterocycles. The largest absolute Gasteiger partial charge is 0.445 e. The van der Waals surface area contributed by atoms with Crippen molar-refractivity contribution in [1.82, 2.24) is 19.8 Å². The molecule has 10 heteroatoms. The minimum Gasteiger partial charge on any atom is -0.445 e. The number of aromatic nitrogens is 2. The van der Waals surface area contributed by atoms with Crippen LogP contribution in [0.5, 0.6) is 0 Å². The first-order valence-corrected chi connectivity index (χ1v) is 18.0. The number of likely N-dealkylation sites (tertiary alicyclic amines) is 1. The van der Waals surface area contributed by atoms with E-state index in [1.54, 1.807) is 0 Å². The number of imidazole rings is 1. The number of benzene rings is 4. The molecule has 7 rings (SSSR count). The van der Waals surface area contributed by atoms with Crippen LogP contribution < -0.4 is 11.0 Å². The van der Waals surface area contributed by atoms with Crippen molar-refractivity contribution in [3.63, 3.8) is 0 Å². The van der Waals surface area contributed by atoms with Crippen LogP contribution in [0.25, 0.3) is 22.2 Å². The predicted octanol–water partition coefficient (Wildman–Crippen LogP) is 7.03. The zero-order chi connectivity index (χ0) is 36.0. The standard InChI is InChI=1S/C42H46N4O6/c1-3-22-50-42(49)43-25-30-8-6-9-32(23-30)33-10-7-11-34(24-33)40-51-38(28(2)39(52-40)31-16-14-29(27-47)15-17-31)26-45-20-18-35(19-21-45)46-37-13-5-4-12-36(37)44-41(46)48/h3-17,23-24,28,35,38-40,47H,1,18-22,25-27H2,2H3,(H,43,49)(H,44,48)/t28-,38+,39+,40+/m1/s1. The SMILES string of the molecule is C=CCOC(=O)NCc1cccc(-c2cccc([C@H]3O[C@@H](CN4CCC(n5c(=O)[nH]c6ccccc65)CC4)[C@@H](C)[C@@H](c4ccc(CO)cc4)O3)c2)c1. The summed E-state index contributed by atoms with van der Waals surface area (Å²) >= 11 is 0. The molecule has 3 heterocycles. The van der Waals surface area contributed by atoms with E-state index in [0.29, 0.717) is 6.54 Å². The number of aliphatic hydroxyl groups excluding tert-OH is 1. The number of aromatic amines is 1. The fourth-order valence-electron chi connectivity index (χ4n) is 7.47. The molecule has 1 amide bonds. The number of nitrogens with one attached hydrogen (secondary N) is 2. The summed E-state index contributed by atoms with van der Waals surface area (Å²) in [6.07, 6.45) is 1.85. The Kier molecular flexibility index (Phi) is 11.0. The third-order valence-corrected chi connectivity index (χ3v) is 10.3. The smallest absolute Gasteiger partial charge is 0.407 e. The van der Waals surface area contributed by atoms with Gasteiger partial charge >= 0.3 is 11.8 Å². The number of H-pyrrole nitrogens is 1. The van der Waals surface area contributed by atoms with Crippen LogP contribution in [0.2, 0.25) is 0 Å². The zero-order valence-electron chi connectivity index (χ0n) is 29.4. The van der Waals surface area contributed by atoms with Crippen molar-refractivity contribution in [1.29, 1.82) is 0 Å². The number of piperidine rings is 1. The summed E-state index contributed by atoms with van der Waals surface area (Å²) in [5, 5.41) is 12.5. The minimum atomic E-state index is -0.601. The average Bonchev–Trinajstić information content (AvgIpc) is 3.53. The number of hydrogen-bond donors (Lipinski definition) is 3. The number of nitrogens with zero attached hydrogens (tertiary/aromatic N) is 2. The first-order chi connectivity index (χ1) is 25.4. The number of alkyl carbamates (subject to hydrolysis) is 1. The lowest BCUT2D eigenvalue weighted by Crippen LogP contribution is -2.47. The molecule has 0 spiro atoms. The van der Waals surface area contributed by atoms with Crippen LogP contribution in [0, 0.1) is 5.92 Å². The molecule has 52 heavy (non-hydrogen) atoms. The van der Waals surface area contributed by atoms with Crippen molar-refractivity contribution >= 4 is 17.1 Å².